The summed E-state index contributed by atoms with van der Waals surface area (Å²) >= 11 is 0. The molecule has 2 unspecified atom stereocenters. The molecule has 2 N–H and O–H groups in total. The summed E-state index contributed by atoms with van der Waals surface area (Å²) in [5, 5.41) is 1.22. The summed E-state index contributed by atoms with van der Waals surface area (Å²) in [6, 6.07) is 8.62. The molecule has 2 aliphatic rings. The fourth-order valence-corrected chi connectivity index (χ4v) is 3.80. The van der Waals surface area contributed by atoms with Crippen molar-refractivity contribution in [2.45, 2.75) is 37.6 Å². The summed E-state index contributed by atoms with van der Waals surface area (Å²) in [7, 11) is 5.43. The Balaban J connectivity index is 1.76. The molecule has 3 heteroatoms. The van der Waals surface area contributed by atoms with Crippen molar-refractivity contribution in [2.75, 3.05) is 7.11 Å². The van der Waals surface area contributed by atoms with Gasteiger partial charge in [-0.2, -0.15) is 0 Å². The molecule has 0 saturated carbocycles. The number of hydrogen-bond donors (Lipinski definition) is 1. The van der Waals surface area contributed by atoms with Crippen LogP contribution in [-0.2, 0) is 4.74 Å². The molecule has 0 amide bonds. The quantitative estimate of drug-likeness (QED) is 0.872. The van der Waals surface area contributed by atoms with Gasteiger partial charge in [0.15, 0.2) is 0 Å². The van der Waals surface area contributed by atoms with Crippen LogP contribution in [0.1, 0.15) is 37.2 Å². The van der Waals surface area contributed by atoms with Crippen LogP contribution >= 0.6 is 0 Å². The Morgan fingerprint density at radius 2 is 2.05 bits per heavy atom. The predicted molar refractivity (Wildman–Crippen MR) is 92.3 cm³/mol. The van der Waals surface area contributed by atoms with E-state index in [-0.39, 0.29) is 6.04 Å². The molecule has 22 heavy (non-hydrogen) atoms. The molecule has 0 aromatic heterocycles. The first-order valence-corrected chi connectivity index (χ1v) is 8.39. The van der Waals surface area contributed by atoms with Crippen LogP contribution in [0.4, 0.5) is 0 Å². The summed E-state index contributed by atoms with van der Waals surface area (Å²) in [6.45, 7) is 0. The second-order valence-corrected chi connectivity index (χ2v) is 6.64. The number of hydrogen-bond acceptors (Lipinski definition) is 2. The lowest BCUT2D eigenvalue weighted by Gasteiger charge is -2.27. The van der Waals surface area contributed by atoms with Crippen LogP contribution in [0.2, 0.25) is 0 Å². The molecule has 0 aliphatic heterocycles. The van der Waals surface area contributed by atoms with Crippen molar-refractivity contribution in [1.29, 1.82) is 0 Å². The Labute approximate surface area is 136 Å². The number of methoxy groups -OCH3 is 1. The van der Waals surface area contributed by atoms with Gasteiger partial charge in [0.25, 0.3) is 0 Å². The van der Waals surface area contributed by atoms with Crippen LogP contribution in [0.5, 0.6) is 0 Å². The molecule has 3 radical (unpaired) electrons. The lowest BCUT2D eigenvalue weighted by Crippen LogP contribution is -2.22. The fraction of sp³-hybridized carbons (Fsp3) is 0.368. The number of allylic oxidation sites excluding steroid dienone is 3. The molecule has 0 fully saturated rings. The van der Waals surface area contributed by atoms with Crippen molar-refractivity contribution in [2.24, 2.45) is 5.73 Å². The van der Waals surface area contributed by atoms with Crippen LogP contribution in [-0.4, -0.2) is 23.4 Å². The molecular formula is C19H22NOSi. The Morgan fingerprint density at radius 1 is 1.23 bits per heavy atom. The monoisotopic (exact) mass is 308 g/mol. The SMILES string of the molecule is COC1=CC(N)CC(C2=CCC(c3ccccc3[Si])CC2)=C1. The Kier molecular flexibility index (Phi) is 4.65. The van der Waals surface area contributed by atoms with Gasteiger partial charge in [-0.3, -0.25) is 0 Å². The zero-order valence-electron chi connectivity index (χ0n) is 13.0. The van der Waals surface area contributed by atoms with E-state index in [9.17, 15) is 0 Å². The van der Waals surface area contributed by atoms with E-state index in [1.165, 1.54) is 28.3 Å². The van der Waals surface area contributed by atoms with Crippen molar-refractivity contribution in [3.8, 4) is 0 Å². The van der Waals surface area contributed by atoms with E-state index in [0.29, 0.717) is 5.92 Å². The zero-order valence-corrected chi connectivity index (χ0v) is 14.0. The summed E-state index contributed by atoms with van der Waals surface area (Å²) < 4.78 is 5.36. The lowest BCUT2D eigenvalue weighted by atomic mass is 9.80. The lowest BCUT2D eigenvalue weighted by molar-refractivity contribution is 0.301. The van der Waals surface area contributed by atoms with Gasteiger partial charge in [0, 0.05) is 6.04 Å². The van der Waals surface area contributed by atoms with Crippen LogP contribution in [0.15, 0.2) is 59.4 Å². The summed E-state index contributed by atoms with van der Waals surface area (Å²) in [6.07, 6.45) is 10.8. The van der Waals surface area contributed by atoms with Gasteiger partial charge in [-0.25, -0.2) is 0 Å². The second kappa shape index (κ2) is 6.67. The highest BCUT2D eigenvalue weighted by Gasteiger charge is 2.21. The highest BCUT2D eigenvalue weighted by atomic mass is 28.1. The molecule has 0 spiro atoms. The van der Waals surface area contributed by atoms with Crippen LogP contribution in [0.25, 0.3) is 0 Å². The minimum atomic E-state index is 0.0662. The van der Waals surface area contributed by atoms with E-state index in [4.69, 9.17) is 10.5 Å². The minimum Gasteiger partial charge on any atom is -0.497 e. The third-order valence-electron chi connectivity index (χ3n) is 4.61. The maximum absolute atomic E-state index is 6.11. The first-order chi connectivity index (χ1) is 10.7. The molecule has 1 aromatic carbocycles. The minimum absolute atomic E-state index is 0.0662. The third kappa shape index (κ3) is 3.26. The highest BCUT2D eigenvalue weighted by molar-refractivity contribution is 6.33. The number of benzene rings is 1. The second-order valence-electron chi connectivity index (χ2n) is 6.10. The molecule has 0 bridgehead atoms. The zero-order chi connectivity index (χ0) is 15.5. The largest absolute Gasteiger partial charge is 0.497 e. The molecule has 1 aromatic rings. The highest BCUT2D eigenvalue weighted by Crippen LogP contribution is 2.36. The number of rotatable bonds is 3. The molecule has 3 rings (SSSR count). The normalized spacial score (nSPS) is 25.1. The standard InChI is InChI=1S/C19H22NOSi/c1-21-17-11-15(10-16(20)12-17)13-6-8-14(9-7-13)18-4-2-3-5-19(18)22/h2-6,11-12,14,16H,7-10,20H2,1H3. The Hall–Kier alpha value is -1.58. The molecule has 113 valence electrons. The average Bonchev–Trinajstić information content (AvgIpc) is 2.55. The summed E-state index contributed by atoms with van der Waals surface area (Å²) in [5.74, 6) is 1.50. The number of ether oxygens (including phenoxy) is 1. The van der Waals surface area contributed by atoms with Crippen molar-refractivity contribution < 1.29 is 4.74 Å². The third-order valence-corrected chi connectivity index (χ3v) is 5.07. The molecule has 2 nitrogen and oxygen atoms in total. The van der Waals surface area contributed by atoms with Gasteiger partial charge in [-0.15, -0.1) is 0 Å². The van der Waals surface area contributed by atoms with Crippen LogP contribution in [0, 0.1) is 0 Å². The first kappa shape index (κ1) is 15.3. The predicted octanol–water partition coefficient (Wildman–Crippen LogP) is 2.86. The summed E-state index contributed by atoms with van der Waals surface area (Å²) in [4.78, 5) is 0. The van der Waals surface area contributed by atoms with Crippen molar-refractivity contribution in [3.05, 3.63) is 65.0 Å². The topological polar surface area (TPSA) is 35.2 Å². The first-order valence-electron chi connectivity index (χ1n) is 7.89. The maximum atomic E-state index is 6.11. The number of nitrogens with two attached hydrogens (primary N) is 1. The van der Waals surface area contributed by atoms with Gasteiger partial charge in [0.1, 0.15) is 5.76 Å². The van der Waals surface area contributed by atoms with Crippen molar-refractivity contribution in [3.63, 3.8) is 0 Å². The van der Waals surface area contributed by atoms with E-state index in [2.05, 4.69) is 46.7 Å². The van der Waals surface area contributed by atoms with Crippen LogP contribution < -0.4 is 10.9 Å². The van der Waals surface area contributed by atoms with Gasteiger partial charge < -0.3 is 10.5 Å². The smallest absolute Gasteiger partial charge is 0.116 e. The van der Waals surface area contributed by atoms with E-state index >= 15 is 0 Å². The van der Waals surface area contributed by atoms with E-state index in [1.54, 1.807) is 7.11 Å². The van der Waals surface area contributed by atoms with Crippen molar-refractivity contribution in [1.82, 2.24) is 0 Å². The Bertz CT molecular complexity index is 645. The van der Waals surface area contributed by atoms with Crippen LogP contribution in [0.3, 0.4) is 0 Å². The van der Waals surface area contributed by atoms with Gasteiger partial charge in [-0.05, 0) is 60.5 Å². The van der Waals surface area contributed by atoms with E-state index in [0.717, 1.165) is 25.0 Å². The maximum Gasteiger partial charge on any atom is 0.116 e. The molecule has 0 saturated heterocycles. The van der Waals surface area contributed by atoms with E-state index < -0.39 is 0 Å². The summed E-state index contributed by atoms with van der Waals surface area (Å²) in [5.41, 5.74) is 10.3. The molecule has 2 aliphatic carbocycles. The Morgan fingerprint density at radius 3 is 2.73 bits per heavy atom. The average molecular weight is 308 g/mol. The van der Waals surface area contributed by atoms with Gasteiger partial charge in [-0.1, -0.05) is 35.5 Å². The van der Waals surface area contributed by atoms with Crippen molar-refractivity contribution >= 4 is 15.4 Å². The molecule has 2 atom stereocenters. The van der Waals surface area contributed by atoms with Gasteiger partial charge in [0.05, 0.1) is 17.4 Å². The molecular weight excluding hydrogens is 286 g/mol. The van der Waals surface area contributed by atoms with Gasteiger partial charge >= 0.3 is 0 Å². The molecule has 0 heterocycles. The van der Waals surface area contributed by atoms with E-state index in [1.807, 2.05) is 6.08 Å². The van der Waals surface area contributed by atoms with Gasteiger partial charge in [0.2, 0.25) is 0 Å². The fourth-order valence-electron chi connectivity index (χ4n) is 3.41.